The van der Waals surface area contributed by atoms with Gasteiger partial charge in [0.05, 0.1) is 0 Å². The number of hydrogen-bond donors (Lipinski definition) is 0. The van der Waals surface area contributed by atoms with Crippen LogP contribution in [0.15, 0.2) is 18.2 Å². The van der Waals surface area contributed by atoms with Gasteiger partial charge in [-0.15, -0.1) is 0 Å². The Bertz CT molecular complexity index is 502. The summed E-state index contributed by atoms with van der Waals surface area (Å²) in [6, 6.07) is 5.79. The molecule has 0 aromatic heterocycles. The van der Waals surface area contributed by atoms with E-state index in [4.69, 9.17) is 9.47 Å². The first-order valence-electron chi connectivity index (χ1n) is 6.18. The molecule has 0 saturated heterocycles. The molecule has 0 bridgehead atoms. The molecule has 1 atom stereocenters. The lowest BCUT2D eigenvalue weighted by Gasteiger charge is -2.02. The molecular formula is C14H14O3. The van der Waals surface area contributed by atoms with Crippen LogP contribution < -0.4 is 9.47 Å². The van der Waals surface area contributed by atoms with Crippen molar-refractivity contribution in [2.24, 2.45) is 11.3 Å². The van der Waals surface area contributed by atoms with Crippen LogP contribution in [-0.2, 0) is 11.2 Å². The van der Waals surface area contributed by atoms with Crippen molar-refractivity contribution in [3.05, 3.63) is 23.8 Å². The summed E-state index contributed by atoms with van der Waals surface area (Å²) in [5.41, 5.74) is 1.51. The monoisotopic (exact) mass is 230 g/mol. The maximum Gasteiger partial charge on any atom is 0.231 e. The fourth-order valence-electron chi connectivity index (χ4n) is 2.89. The number of Topliss-reactive ketones (excluding diaryl/α,β-unsaturated/α-hetero) is 1. The Morgan fingerprint density at radius 3 is 2.88 bits per heavy atom. The van der Waals surface area contributed by atoms with Crippen LogP contribution in [0.2, 0.25) is 0 Å². The van der Waals surface area contributed by atoms with Crippen molar-refractivity contribution in [3.8, 4) is 11.5 Å². The number of hydrogen-bond acceptors (Lipinski definition) is 3. The molecule has 1 aromatic rings. The van der Waals surface area contributed by atoms with Crippen LogP contribution in [0.5, 0.6) is 11.5 Å². The van der Waals surface area contributed by atoms with E-state index in [1.165, 1.54) is 12.8 Å². The molecule has 0 N–H and O–H groups in total. The van der Waals surface area contributed by atoms with E-state index in [0.29, 0.717) is 30.3 Å². The van der Waals surface area contributed by atoms with Crippen LogP contribution >= 0.6 is 0 Å². The van der Waals surface area contributed by atoms with Crippen LogP contribution in [0, 0.1) is 11.3 Å². The highest BCUT2D eigenvalue weighted by molar-refractivity contribution is 5.87. The number of ether oxygens (including phenoxy) is 2. The predicted octanol–water partition coefficient (Wildman–Crippen LogP) is 2.33. The third kappa shape index (κ3) is 1.45. The summed E-state index contributed by atoms with van der Waals surface area (Å²) in [6.45, 7) is 0.290. The molecule has 3 aliphatic rings. The fourth-order valence-corrected chi connectivity index (χ4v) is 2.89. The largest absolute Gasteiger partial charge is 0.454 e. The second-order valence-corrected chi connectivity index (χ2v) is 5.45. The third-order valence-electron chi connectivity index (χ3n) is 4.29. The molecule has 0 amide bonds. The summed E-state index contributed by atoms with van der Waals surface area (Å²) in [6.07, 6.45) is 4.22. The average molecular weight is 230 g/mol. The SMILES string of the molecule is O=C(Cc1ccc2c(c1)OCO2)C1CC12CC2. The Morgan fingerprint density at radius 1 is 1.29 bits per heavy atom. The van der Waals surface area contributed by atoms with Crippen molar-refractivity contribution >= 4 is 5.78 Å². The van der Waals surface area contributed by atoms with Gasteiger partial charge in [-0.1, -0.05) is 6.07 Å². The zero-order valence-electron chi connectivity index (χ0n) is 9.57. The van der Waals surface area contributed by atoms with Gasteiger partial charge in [0.2, 0.25) is 6.79 Å². The molecule has 2 saturated carbocycles. The third-order valence-corrected chi connectivity index (χ3v) is 4.29. The zero-order chi connectivity index (χ0) is 11.5. The van der Waals surface area contributed by atoms with Crippen molar-refractivity contribution in [2.45, 2.75) is 25.7 Å². The fraction of sp³-hybridized carbons (Fsp3) is 0.500. The quantitative estimate of drug-likeness (QED) is 0.799. The number of carbonyl (C=O) groups is 1. The van der Waals surface area contributed by atoms with E-state index in [9.17, 15) is 4.79 Å². The van der Waals surface area contributed by atoms with Gasteiger partial charge in [0.1, 0.15) is 5.78 Å². The highest BCUT2D eigenvalue weighted by Crippen LogP contribution is 2.70. The van der Waals surface area contributed by atoms with Gasteiger partial charge in [-0.2, -0.15) is 0 Å². The molecule has 3 nitrogen and oxygen atoms in total. The normalized spacial score (nSPS) is 26.0. The molecular weight excluding hydrogens is 216 g/mol. The van der Waals surface area contributed by atoms with Gasteiger partial charge < -0.3 is 9.47 Å². The molecule has 1 unspecified atom stereocenters. The molecule has 1 spiro atoms. The van der Waals surface area contributed by atoms with Crippen LogP contribution in [0.3, 0.4) is 0 Å². The average Bonchev–Trinajstić information content (AvgIpc) is 3.21. The maximum atomic E-state index is 12.1. The van der Waals surface area contributed by atoms with E-state index in [-0.39, 0.29) is 0 Å². The Hall–Kier alpha value is -1.51. The first-order valence-corrected chi connectivity index (χ1v) is 6.18. The molecule has 0 radical (unpaired) electrons. The number of rotatable bonds is 3. The highest BCUT2D eigenvalue weighted by Gasteiger charge is 2.65. The van der Waals surface area contributed by atoms with E-state index in [1.807, 2.05) is 18.2 Å². The summed E-state index contributed by atoms with van der Waals surface area (Å²) in [5, 5.41) is 0. The van der Waals surface area contributed by atoms with E-state index < -0.39 is 0 Å². The Morgan fingerprint density at radius 2 is 2.12 bits per heavy atom. The van der Waals surface area contributed by atoms with E-state index in [0.717, 1.165) is 23.5 Å². The van der Waals surface area contributed by atoms with Crippen molar-refractivity contribution < 1.29 is 14.3 Å². The van der Waals surface area contributed by atoms with E-state index >= 15 is 0 Å². The van der Waals surface area contributed by atoms with Crippen molar-refractivity contribution in [3.63, 3.8) is 0 Å². The Labute approximate surface area is 99.7 Å². The van der Waals surface area contributed by atoms with E-state index in [2.05, 4.69) is 0 Å². The molecule has 2 aliphatic carbocycles. The number of fused-ring (bicyclic) bond motifs is 1. The number of carbonyl (C=O) groups excluding carboxylic acids is 1. The lowest BCUT2D eigenvalue weighted by atomic mass is 10.0. The topological polar surface area (TPSA) is 35.5 Å². The lowest BCUT2D eigenvalue weighted by molar-refractivity contribution is -0.120. The molecule has 3 heteroatoms. The van der Waals surface area contributed by atoms with Gasteiger partial charge in [0, 0.05) is 12.3 Å². The predicted molar refractivity (Wildman–Crippen MR) is 61.1 cm³/mol. The minimum atomic E-state index is 0.290. The molecule has 17 heavy (non-hydrogen) atoms. The van der Waals surface area contributed by atoms with Gasteiger partial charge in [0.15, 0.2) is 11.5 Å². The highest BCUT2D eigenvalue weighted by atomic mass is 16.7. The molecule has 1 aliphatic heterocycles. The first-order chi connectivity index (χ1) is 8.27. The minimum Gasteiger partial charge on any atom is -0.454 e. The Kier molecular flexibility index (Phi) is 1.70. The van der Waals surface area contributed by atoms with Gasteiger partial charge in [-0.3, -0.25) is 4.79 Å². The Balaban J connectivity index is 1.50. The zero-order valence-corrected chi connectivity index (χ0v) is 9.57. The van der Waals surface area contributed by atoms with Gasteiger partial charge >= 0.3 is 0 Å². The summed E-state index contributed by atoms with van der Waals surface area (Å²) in [5.74, 6) is 2.31. The summed E-state index contributed by atoms with van der Waals surface area (Å²) in [7, 11) is 0. The van der Waals surface area contributed by atoms with Crippen LogP contribution in [-0.4, -0.2) is 12.6 Å². The second-order valence-electron chi connectivity index (χ2n) is 5.45. The van der Waals surface area contributed by atoms with Gasteiger partial charge in [-0.25, -0.2) is 0 Å². The van der Waals surface area contributed by atoms with E-state index in [1.54, 1.807) is 0 Å². The molecule has 4 rings (SSSR count). The second kappa shape index (κ2) is 3.03. The lowest BCUT2D eigenvalue weighted by Crippen LogP contribution is -2.06. The molecule has 88 valence electrons. The number of ketones is 1. The summed E-state index contributed by atoms with van der Waals surface area (Å²) >= 11 is 0. The molecule has 2 fully saturated rings. The minimum absolute atomic E-state index is 0.290. The maximum absolute atomic E-state index is 12.1. The molecule has 1 heterocycles. The van der Waals surface area contributed by atoms with Crippen molar-refractivity contribution in [1.29, 1.82) is 0 Å². The van der Waals surface area contributed by atoms with Crippen molar-refractivity contribution in [1.82, 2.24) is 0 Å². The van der Waals surface area contributed by atoms with Gasteiger partial charge in [-0.05, 0) is 42.4 Å². The molecule has 1 aromatic carbocycles. The summed E-state index contributed by atoms with van der Waals surface area (Å²) < 4.78 is 10.6. The van der Waals surface area contributed by atoms with Gasteiger partial charge in [0.25, 0.3) is 0 Å². The van der Waals surface area contributed by atoms with Crippen molar-refractivity contribution in [2.75, 3.05) is 6.79 Å². The van der Waals surface area contributed by atoms with Crippen LogP contribution in [0.4, 0.5) is 0 Å². The van der Waals surface area contributed by atoms with Crippen LogP contribution in [0.25, 0.3) is 0 Å². The first kappa shape index (κ1) is 9.51. The number of benzene rings is 1. The standard InChI is InChI=1S/C14H14O3/c15-11(10-7-14(10)3-4-14)5-9-1-2-12-13(6-9)17-8-16-12/h1-2,6,10H,3-5,7-8H2. The smallest absolute Gasteiger partial charge is 0.231 e. The van der Waals surface area contributed by atoms with Crippen LogP contribution in [0.1, 0.15) is 24.8 Å². The summed E-state index contributed by atoms with van der Waals surface area (Å²) in [4.78, 5) is 12.1.